The Bertz CT molecular complexity index is 509. The lowest BCUT2D eigenvalue weighted by Crippen LogP contribution is -2.36. The summed E-state index contributed by atoms with van der Waals surface area (Å²) in [5.74, 6) is -0.771. The minimum atomic E-state index is -0.635. The highest BCUT2D eigenvalue weighted by Gasteiger charge is 2.29. The number of carboxylic acids is 1. The molecule has 2 aliphatic carbocycles. The normalized spacial score (nSPS) is 29.1. The van der Waals surface area contributed by atoms with E-state index in [0.29, 0.717) is 12.1 Å². The van der Waals surface area contributed by atoms with Crippen LogP contribution in [0.25, 0.3) is 0 Å². The number of aliphatic carboxylic acids is 1. The van der Waals surface area contributed by atoms with Gasteiger partial charge in [0, 0.05) is 17.1 Å². The molecule has 2 N–H and O–H groups in total. The Hall–Kier alpha value is -1.06. The van der Waals surface area contributed by atoms with E-state index in [2.05, 4.69) is 17.4 Å². The summed E-state index contributed by atoms with van der Waals surface area (Å²) in [7, 11) is 0. The van der Waals surface area contributed by atoms with Crippen molar-refractivity contribution in [1.82, 2.24) is 5.32 Å². The fourth-order valence-corrected chi connectivity index (χ4v) is 3.75. The van der Waals surface area contributed by atoms with Gasteiger partial charge in [-0.25, -0.2) is 0 Å². The molecule has 1 aromatic carbocycles. The second-order valence-corrected chi connectivity index (χ2v) is 6.42. The minimum Gasteiger partial charge on any atom is -0.481 e. The predicted octanol–water partition coefficient (Wildman–Crippen LogP) is 3.56. The van der Waals surface area contributed by atoms with Gasteiger partial charge in [-0.3, -0.25) is 4.79 Å². The number of halogens is 1. The van der Waals surface area contributed by atoms with Crippen molar-refractivity contribution in [3.63, 3.8) is 0 Å². The highest BCUT2D eigenvalue weighted by molar-refractivity contribution is 6.30. The third-order valence-electron chi connectivity index (χ3n) is 4.70. The lowest BCUT2D eigenvalue weighted by Gasteiger charge is -2.29. The number of hydrogen-bond donors (Lipinski definition) is 2. The fourth-order valence-electron chi connectivity index (χ4n) is 3.55. The van der Waals surface area contributed by atoms with Gasteiger partial charge in [-0.2, -0.15) is 0 Å². The maximum Gasteiger partial charge on any atom is 0.306 e. The number of benzene rings is 1. The van der Waals surface area contributed by atoms with Gasteiger partial charge in [-0.1, -0.05) is 17.7 Å². The van der Waals surface area contributed by atoms with Crippen molar-refractivity contribution in [3.05, 3.63) is 34.3 Å². The maximum absolute atomic E-state index is 11.0. The van der Waals surface area contributed by atoms with Crippen LogP contribution in [0.2, 0.25) is 5.02 Å². The molecule has 0 heterocycles. The van der Waals surface area contributed by atoms with Gasteiger partial charge in [-0.05, 0) is 61.8 Å². The molecule has 2 aliphatic rings. The average molecular weight is 294 g/mol. The summed E-state index contributed by atoms with van der Waals surface area (Å²) in [5.41, 5.74) is 2.73. The third-order valence-corrected chi connectivity index (χ3v) is 4.93. The van der Waals surface area contributed by atoms with Crippen LogP contribution in [-0.2, 0) is 11.2 Å². The molecule has 1 aromatic rings. The first-order valence-corrected chi connectivity index (χ1v) is 7.78. The number of carboxylic acid groups (broad SMARTS) is 1. The number of carbonyl (C=O) groups is 1. The first-order chi connectivity index (χ1) is 9.63. The van der Waals surface area contributed by atoms with Crippen LogP contribution in [0.15, 0.2) is 18.2 Å². The molecule has 108 valence electrons. The lowest BCUT2D eigenvalue weighted by atomic mass is 9.85. The minimum absolute atomic E-state index is 0.136. The Morgan fingerprint density at radius 3 is 2.65 bits per heavy atom. The van der Waals surface area contributed by atoms with Crippen LogP contribution < -0.4 is 5.32 Å². The zero-order chi connectivity index (χ0) is 14.1. The van der Waals surface area contributed by atoms with E-state index in [1.807, 2.05) is 6.07 Å². The number of aryl methyl sites for hydroxylation is 1. The monoisotopic (exact) mass is 293 g/mol. The van der Waals surface area contributed by atoms with Gasteiger partial charge in [0.25, 0.3) is 0 Å². The molecule has 0 aliphatic heterocycles. The van der Waals surface area contributed by atoms with E-state index in [1.165, 1.54) is 11.1 Å². The molecule has 1 saturated carbocycles. The van der Waals surface area contributed by atoms with Crippen molar-refractivity contribution in [2.24, 2.45) is 5.92 Å². The number of hydrogen-bond acceptors (Lipinski definition) is 2. The molecule has 0 amide bonds. The fraction of sp³-hybridized carbons (Fsp3) is 0.562. The number of rotatable bonds is 3. The van der Waals surface area contributed by atoms with Gasteiger partial charge in [0.15, 0.2) is 0 Å². The van der Waals surface area contributed by atoms with Crippen LogP contribution in [0, 0.1) is 5.92 Å². The van der Waals surface area contributed by atoms with Crippen LogP contribution in [-0.4, -0.2) is 17.1 Å². The molecule has 0 saturated heterocycles. The highest BCUT2D eigenvalue weighted by atomic mass is 35.5. The van der Waals surface area contributed by atoms with Crippen molar-refractivity contribution >= 4 is 17.6 Å². The van der Waals surface area contributed by atoms with Gasteiger partial charge in [-0.15, -0.1) is 0 Å². The standard InChI is InChI=1S/C16H20ClNO2/c17-12-4-7-14-11(9-12)3-8-15(14)18-13-5-1-10(2-6-13)16(19)20/h4,7,9-10,13,15,18H,1-3,5-6,8H2,(H,19,20). The molecule has 1 unspecified atom stereocenters. The molecule has 0 radical (unpaired) electrons. The summed E-state index contributed by atoms with van der Waals surface area (Å²) < 4.78 is 0. The van der Waals surface area contributed by atoms with E-state index in [9.17, 15) is 4.79 Å². The second kappa shape index (κ2) is 5.74. The summed E-state index contributed by atoms with van der Waals surface area (Å²) in [6, 6.07) is 7.03. The zero-order valence-electron chi connectivity index (χ0n) is 11.4. The van der Waals surface area contributed by atoms with Crippen LogP contribution in [0.5, 0.6) is 0 Å². The van der Waals surface area contributed by atoms with E-state index in [4.69, 9.17) is 16.7 Å². The van der Waals surface area contributed by atoms with E-state index < -0.39 is 5.97 Å². The summed E-state index contributed by atoms with van der Waals surface area (Å²) >= 11 is 6.03. The van der Waals surface area contributed by atoms with Crippen molar-refractivity contribution < 1.29 is 9.90 Å². The molecule has 20 heavy (non-hydrogen) atoms. The summed E-state index contributed by atoms with van der Waals surface area (Å²) in [6.45, 7) is 0. The first-order valence-electron chi connectivity index (χ1n) is 7.40. The number of fused-ring (bicyclic) bond motifs is 1. The quantitative estimate of drug-likeness (QED) is 0.896. The van der Waals surface area contributed by atoms with E-state index in [0.717, 1.165) is 43.5 Å². The van der Waals surface area contributed by atoms with Crippen molar-refractivity contribution in [3.8, 4) is 0 Å². The van der Waals surface area contributed by atoms with E-state index in [1.54, 1.807) is 0 Å². The van der Waals surface area contributed by atoms with Gasteiger partial charge in [0.1, 0.15) is 0 Å². The Morgan fingerprint density at radius 1 is 1.20 bits per heavy atom. The van der Waals surface area contributed by atoms with Crippen LogP contribution in [0.3, 0.4) is 0 Å². The molecule has 4 heteroatoms. The van der Waals surface area contributed by atoms with Crippen LogP contribution in [0.4, 0.5) is 0 Å². The van der Waals surface area contributed by atoms with Crippen molar-refractivity contribution in [1.29, 1.82) is 0 Å². The predicted molar refractivity (Wildman–Crippen MR) is 79.0 cm³/mol. The zero-order valence-corrected chi connectivity index (χ0v) is 12.2. The average Bonchev–Trinajstić information content (AvgIpc) is 2.81. The molecule has 0 bridgehead atoms. The van der Waals surface area contributed by atoms with Crippen molar-refractivity contribution in [2.75, 3.05) is 0 Å². The lowest BCUT2D eigenvalue weighted by molar-refractivity contribution is -0.142. The Labute approximate surface area is 124 Å². The molecule has 1 fully saturated rings. The van der Waals surface area contributed by atoms with E-state index in [-0.39, 0.29) is 5.92 Å². The second-order valence-electron chi connectivity index (χ2n) is 5.99. The topological polar surface area (TPSA) is 49.3 Å². The summed E-state index contributed by atoms with van der Waals surface area (Å²) in [6.07, 6.45) is 5.74. The molecule has 0 spiro atoms. The summed E-state index contributed by atoms with van der Waals surface area (Å²) in [4.78, 5) is 11.0. The number of nitrogens with one attached hydrogen (secondary N) is 1. The molecular weight excluding hydrogens is 274 g/mol. The van der Waals surface area contributed by atoms with Crippen molar-refractivity contribution in [2.45, 2.75) is 50.6 Å². The SMILES string of the molecule is O=C(O)C1CCC(NC2CCc3cc(Cl)ccc32)CC1. The molecule has 1 atom stereocenters. The Kier molecular flexibility index (Phi) is 3.99. The Balaban J connectivity index is 1.60. The third kappa shape index (κ3) is 2.84. The van der Waals surface area contributed by atoms with Gasteiger partial charge in [0.2, 0.25) is 0 Å². The first kappa shape index (κ1) is 13.9. The van der Waals surface area contributed by atoms with E-state index >= 15 is 0 Å². The van der Waals surface area contributed by atoms with Gasteiger partial charge >= 0.3 is 5.97 Å². The largest absolute Gasteiger partial charge is 0.481 e. The maximum atomic E-state index is 11.0. The van der Waals surface area contributed by atoms with Crippen LogP contribution >= 0.6 is 11.6 Å². The smallest absolute Gasteiger partial charge is 0.306 e. The van der Waals surface area contributed by atoms with Crippen LogP contribution in [0.1, 0.15) is 49.3 Å². The Morgan fingerprint density at radius 2 is 1.95 bits per heavy atom. The molecule has 0 aromatic heterocycles. The summed E-state index contributed by atoms with van der Waals surface area (Å²) in [5, 5.41) is 13.6. The molecule has 3 rings (SSSR count). The molecule has 3 nitrogen and oxygen atoms in total. The van der Waals surface area contributed by atoms with Gasteiger partial charge < -0.3 is 10.4 Å². The highest BCUT2D eigenvalue weighted by Crippen LogP contribution is 2.35. The molecular formula is C16H20ClNO2. The van der Waals surface area contributed by atoms with Gasteiger partial charge in [0.05, 0.1) is 5.92 Å².